The van der Waals surface area contributed by atoms with Crippen LogP contribution in [-0.2, 0) is 20.7 Å². The van der Waals surface area contributed by atoms with E-state index in [1.807, 2.05) is 4.90 Å². The van der Waals surface area contributed by atoms with Crippen LogP contribution in [0.5, 0.6) is 0 Å². The van der Waals surface area contributed by atoms with Crippen molar-refractivity contribution in [3.05, 3.63) is 24.0 Å². The van der Waals surface area contributed by atoms with E-state index in [-0.39, 0.29) is 19.0 Å². The predicted octanol–water partition coefficient (Wildman–Crippen LogP) is 0.856. The van der Waals surface area contributed by atoms with E-state index in [1.54, 1.807) is 12.1 Å². The maximum atomic E-state index is 14.5. The Kier molecular flexibility index (Phi) is 5.33. The van der Waals surface area contributed by atoms with Gasteiger partial charge in [-0.2, -0.15) is 0 Å². The van der Waals surface area contributed by atoms with Gasteiger partial charge in [0.15, 0.2) is 0 Å². The molecule has 3 rings (SSSR count). The lowest BCUT2D eigenvalue weighted by atomic mass is 10.2. The molecule has 0 aliphatic carbocycles. The van der Waals surface area contributed by atoms with Crippen molar-refractivity contribution in [3.63, 3.8) is 0 Å². The summed E-state index contributed by atoms with van der Waals surface area (Å²) >= 11 is -0.825. The van der Waals surface area contributed by atoms with Crippen LogP contribution in [0.25, 0.3) is 0 Å². The lowest BCUT2D eigenvalue weighted by Crippen LogP contribution is -2.40. The van der Waals surface area contributed by atoms with E-state index in [0.29, 0.717) is 36.0 Å². The van der Waals surface area contributed by atoms with Gasteiger partial charge >= 0.3 is 6.09 Å². The van der Waals surface area contributed by atoms with Crippen LogP contribution in [0.1, 0.15) is 6.92 Å². The number of carbonyl (C=O) groups excluding carboxylic acids is 2. The largest absolute Gasteiger partial charge is 0.616 e. The number of ether oxygens (including phenoxy) is 1. The number of benzene rings is 1. The third-order valence-corrected chi connectivity index (χ3v) is 5.49. The van der Waals surface area contributed by atoms with Gasteiger partial charge in [0.1, 0.15) is 23.4 Å². The highest BCUT2D eigenvalue weighted by Crippen LogP contribution is 2.28. The molecule has 136 valence electrons. The summed E-state index contributed by atoms with van der Waals surface area (Å²) in [6, 6.07) is 4.61. The summed E-state index contributed by atoms with van der Waals surface area (Å²) in [5.74, 6) is 0.435. The van der Waals surface area contributed by atoms with E-state index < -0.39 is 29.2 Å². The minimum absolute atomic E-state index is 0.202. The highest BCUT2D eigenvalue weighted by molar-refractivity contribution is 7.91. The average molecular weight is 369 g/mol. The Balaban J connectivity index is 1.68. The first-order valence-corrected chi connectivity index (χ1v) is 9.55. The van der Waals surface area contributed by atoms with Crippen LogP contribution >= 0.6 is 0 Å². The van der Waals surface area contributed by atoms with Gasteiger partial charge in [-0.25, -0.2) is 9.18 Å². The molecule has 0 bridgehead atoms. The molecule has 7 nitrogen and oxygen atoms in total. The summed E-state index contributed by atoms with van der Waals surface area (Å²) in [5, 5.41) is 2.60. The molecule has 2 fully saturated rings. The van der Waals surface area contributed by atoms with Gasteiger partial charge in [0.2, 0.25) is 5.91 Å². The van der Waals surface area contributed by atoms with Crippen molar-refractivity contribution in [2.45, 2.75) is 13.0 Å². The summed E-state index contributed by atoms with van der Waals surface area (Å²) in [4.78, 5) is 26.2. The molecule has 2 heterocycles. The molecule has 2 amide bonds. The lowest BCUT2D eigenvalue weighted by molar-refractivity contribution is -0.119. The van der Waals surface area contributed by atoms with Crippen LogP contribution in [-0.4, -0.2) is 60.3 Å². The zero-order valence-electron chi connectivity index (χ0n) is 13.9. The number of anilines is 2. The number of halogens is 1. The van der Waals surface area contributed by atoms with E-state index in [1.165, 1.54) is 17.9 Å². The Morgan fingerprint density at radius 3 is 2.80 bits per heavy atom. The number of hydrogen-bond acceptors (Lipinski definition) is 5. The molecule has 0 aromatic heterocycles. The van der Waals surface area contributed by atoms with Crippen molar-refractivity contribution in [1.29, 1.82) is 0 Å². The van der Waals surface area contributed by atoms with Gasteiger partial charge in [-0.3, -0.25) is 9.69 Å². The zero-order valence-corrected chi connectivity index (χ0v) is 14.7. The highest BCUT2D eigenvalue weighted by atomic mass is 32.2. The number of hydrogen-bond donors (Lipinski definition) is 1. The summed E-state index contributed by atoms with van der Waals surface area (Å²) < 4.78 is 31.1. The molecule has 1 N–H and O–H groups in total. The minimum atomic E-state index is -0.825. The maximum absolute atomic E-state index is 14.5. The molecule has 2 aliphatic heterocycles. The van der Waals surface area contributed by atoms with Gasteiger partial charge < -0.3 is 19.5 Å². The molecule has 0 radical (unpaired) electrons. The van der Waals surface area contributed by atoms with Gasteiger partial charge in [-0.05, 0) is 18.2 Å². The van der Waals surface area contributed by atoms with Crippen molar-refractivity contribution in [2.24, 2.45) is 0 Å². The van der Waals surface area contributed by atoms with Gasteiger partial charge in [-0.15, -0.1) is 0 Å². The second kappa shape index (κ2) is 7.49. The van der Waals surface area contributed by atoms with Crippen molar-refractivity contribution in [2.75, 3.05) is 47.5 Å². The normalized spacial score (nSPS) is 21.4. The Morgan fingerprint density at radius 1 is 1.44 bits per heavy atom. The number of carbonyl (C=O) groups is 2. The Labute approximate surface area is 148 Å². The summed E-state index contributed by atoms with van der Waals surface area (Å²) in [6.45, 7) is 2.96. The first-order chi connectivity index (χ1) is 11.9. The fraction of sp³-hybridized carbons (Fsp3) is 0.500. The third kappa shape index (κ3) is 4.16. The predicted molar refractivity (Wildman–Crippen MR) is 92.8 cm³/mol. The molecule has 2 saturated heterocycles. The Bertz CT molecular complexity index is 667. The van der Waals surface area contributed by atoms with E-state index in [0.717, 1.165) is 0 Å². The molecule has 2 aliphatic rings. The average Bonchev–Trinajstić information content (AvgIpc) is 2.95. The molecule has 25 heavy (non-hydrogen) atoms. The van der Waals surface area contributed by atoms with E-state index in [4.69, 9.17) is 4.74 Å². The van der Waals surface area contributed by atoms with Crippen molar-refractivity contribution < 1.29 is 23.3 Å². The standard InChI is InChI=1S/C16H20FN3O4S/c1-11(21)18-9-13-10-20(16(22)24-13)12-2-3-15(14(17)8-12)19-4-6-25(23)7-5-19/h2-3,8,13H,4-7,9-10H2,1H3,(H,18,21)/t13-/m0/s1. The van der Waals surface area contributed by atoms with Crippen LogP contribution in [0.2, 0.25) is 0 Å². The molecular formula is C16H20FN3O4S. The maximum Gasteiger partial charge on any atom is 0.414 e. The summed E-state index contributed by atoms with van der Waals surface area (Å²) in [6.07, 6.45) is -1.02. The third-order valence-electron chi connectivity index (χ3n) is 4.21. The van der Waals surface area contributed by atoms with Crippen LogP contribution < -0.4 is 15.1 Å². The summed E-state index contributed by atoms with van der Waals surface area (Å²) in [5.41, 5.74) is 0.861. The SMILES string of the molecule is CC(=O)NC[C@H]1CN(c2ccc(N3CC[S+]([O-])CC3)c(F)c2)C(=O)O1. The van der Waals surface area contributed by atoms with Gasteiger partial charge in [0.25, 0.3) is 0 Å². The van der Waals surface area contributed by atoms with Gasteiger partial charge in [0, 0.05) is 6.92 Å². The van der Waals surface area contributed by atoms with Crippen LogP contribution in [0.3, 0.4) is 0 Å². The van der Waals surface area contributed by atoms with E-state index in [9.17, 15) is 18.5 Å². The molecule has 0 spiro atoms. The smallest absolute Gasteiger partial charge is 0.414 e. The Morgan fingerprint density at radius 2 is 2.16 bits per heavy atom. The quantitative estimate of drug-likeness (QED) is 0.796. The summed E-state index contributed by atoms with van der Waals surface area (Å²) in [7, 11) is 0. The first-order valence-electron chi connectivity index (χ1n) is 8.06. The fourth-order valence-electron chi connectivity index (χ4n) is 2.90. The van der Waals surface area contributed by atoms with Crippen molar-refractivity contribution in [1.82, 2.24) is 5.32 Å². The van der Waals surface area contributed by atoms with Crippen molar-refractivity contribution in [3.8, 4) is 0 Å². The molecular weight excluding hydrogens is 349 g/mol. The highest BCUT2D eigenvalue weighted by Gasteiger charge is 2.33. The van der Waals surface area contributed by atoms with Crippen LogP contribution in [0.15, 0.2) is 18.2 Å². The molecule has 1 atom stereocenters. The van der Waals surface area contributed by atoms with Crippen molar-refractivity contribution >= 4 is 34.6 Å². The number of rotatable bonds is 4. The molecule has 1 aromatic rings. The second-order valence-electron chi connectivity index (χ2n) is 6.02. The molecule has 9 heteroatoms. The minimum Gasteiger partial charge on any atom is -0.616 e. The Hall–Kier alpha value is -2.00. The first kappa shape index (κ1) is 17.8. The van der Waals surface area contributed by atoms with Crippen LogP contribution in [0.4, 0.5) is 20.6 Å². The number of nitrogens with zero attached hydrogens (tertiary/aromatic N) is 2. The molecule has 0 unspecified atom stereocenters. The van der Waals surface area contributed by atoms with E-state index in [2.05, 4.69) is 5.32 Å². The zero-order chi connectivity index (χ0) is 18.0. The number of amides is 2. The van der Waals surface area contributed by atoms with Gasteiger partial charge in [-0.1, -0.05) is 11.2 Å². The topological polar surface area (TPSA) is 84.9 Å². The monoisotopic (exact) mass is 369 g/mol. The number of cyclic esters (lactones) is 1. The molecule has 0 saturated carbocycles. The van der Waals surface area contributed by atoms with E-state index >= 15 is 0 Å². The van der Waals surface area contributed by atoms with Gasteiger partial charge in [0.05, 0.1) is 37.6 Å². The van der Waals surface area contributed by atoms with Crippen LogP contribution in [0, 0.1) is 5.82 Å². The second-order valence-corrected chi connectivity index (χ2v) is 7.72. The lowest BCUT2D eigenvalue weighted by Gasteiger charge is -2.30. The fourth-order valence-corrected chi connectivity index (χ4v) is 3.95. The number of nitrogens with one attached hydrogen (secondary N) is 1. The molecule has 1 aromatic carbocycles.